The van der Waals surface area contributed by atoms with Crippen molar-refractivity contribution in [3.63, 3.8) is 0 Å². The molecule has 2 amide bonds. The Morgan fingerprint density at radius 2 is 1.59 bits per heavy atom. The first kappa shape index (κ1) is 21.2. The van der Waals surface area contributed by atoms with Crippen LogP contribution in [0.5, 0.6) is 5.75 Å². The number of carbonyl (C=O) groups is 2. The Kier molecular flexibility index (Phi) is 6.48. The van der Waals surface area contributed by atoms with Crippen LogP contribution in [0.3, 0.4) is 0 Å². The van der Waals surface area contributed by atoms with Crippen molar-refractivity contribution >= 4 is 34.8 Å². The van der Waals surface area contributed by atoms with E-state index in [-0.39, 0.29) is 17.1 Å². The van der Waals surface area contributed by atoms with E-state index >= 15 is 0 Å². The molecule has 2 aromatic rings. The third-order valence-corrected chi connectivity index (χ3v) is 5.56. The lowest BCUT2D eigenvalue weighted by Crippen LogP contribution is -2.31. The van der Waals surface area contributed by atoms with Crippen molar-refractivity contribution in [2.45, 2.75) is 46.3 Å². The molecule has 0 N–H and O–H groups in total. The Morgan fingerprint density at radius 1 is 0.966 bits per heavy atom. The van der Waals surface area contributed by atoms with Gasteiger partial charge in [-0.05, 0) is 61.2 Å². The van der Waals surface area contributed by atoms with Crippen LogP contribution in [-0.2, 0) is 9.59 Å². The number of thioether (sulfide) groups is 1. The molecule has 152 valence electrons. The van der Waals surface area contributed by atoms with Gasteiger partial charge in [-0.25, -0.2) is 4.90 Å². The van der Waals surface area contributed by atoms with Gasteiger partial charge in [0.2, 0.25) is 0 Å². The first-order chi connectivity index (χ1) is 13.8. The zero-order valence-corrected chi connectivity index (χ0v) is 18.4. The molecule has 0 radical (unpaired) electrons. The lowest BCUT2D eigenvalue weighted by molar-refractivity contribution is -0.119. The summed E-state index contributed by atoms with van der Waals surface area (Å²) >= 11 is 1.44. The molecule has 0 atom stereocenters. The fraction of sp³-hybridized carbons (Fsp3) is 0.333. The molecule has 4 nitrogen and oxygen atoms in total. The minimum Gasteiger partial charge on any atom is -0.494 e. The topological polar surface area (TPSA) is 46.6 Å². The third kappa shape index (κ3) is 4.56. The van der Waals surface area contributed by atoms with Crippen molar-refractivity contribution in [1.29, 1.82) is 0 Å². The van der Waals surface area contributed by atoms with Gasteiger partial charge in [0.1, 0.15) is 5.75 Å². The van der Waals surface area contributed by atoms with Crippen LogP contribution in [0.4, 0.5) is 5.69 Å². The maximum atomic E-state index is 13.4. The average molecular weight is 410 g/mol. The quantitative estimate of drug-likeness (QED) is 0.565. The van der Waals surface area contributed by atoms with Crippen molar-refractivity contribution in [1.82, 2.24) is 0 Å². The second-order valence-electron chi connectivity index (χ2n) is 7.54. The number of benzene rings is 2. The monoisotopic (exact) mass is 409 g/mol. The second-order valence-corrected chi connectivity index (χ2v) is 9.12. The Balaban J connectivity index is 2.03. The van der Waals surface area contributed by atoms with Gasteiger partial charge in [0.05, 0.1) is 22.8 Å². The first-order valence-electron chi connectivity index (χ1n) is 9.93. The summed E-state index contributed by atoms with van der Waals surface area (Å²) in [5, 5.41) is 0.183. The highest BCUT2D eigenvalue weighted by Crippen LogP contribution is 2.40. The van der Waals surface area contributed by atoms with Gasteiger partial charge in [0.15, 0.2) is 0 Å². The zero-order valence-electron chi connectivity index (χ0n) is 17.6. The highest BCUT2D eigenvalue weighted by Gasteiger charge is 2.40. The van der Waals surface area contributed by atoms with E-state index in [0.717, 1.165) is 28.9 Å². The van der Waals surface area contributed by atoms with Gasteiger partial charge in [-0.3, -0.25) is 9.59 Å². The van der Waals surface area contributed by atoms with Crippen LogP contribution < -0.4 is 9.64 Å². The van der Waals surface area contributed by atoms with Gasteiger partial charge in [-0.1, -0.05) is 39.0 Å². The van der Waals surface area contributed by atoms with Gasteiger partial charge in [0.25, 0.3) is 11.8 Å². The lowest BCUT2D eigenvalue weighted by atomic mass is 10.1. The molecule has 0 fully saturated rings. The smallest absolute Gasteiger partial charge is 0.272 e. The number of hydrogen-bond donors (Lipinski definition) is 0. The summed E-state index contributed by atoms with van der Waals surface area (Å²) in [6.45, 7) is 10.7. The number of ether oxygens (including phenoxy) is 1. The van der Waals surface area contributed by atoms with Crippen molar-refractivity contribution in [3.05, 3.63) is 64.1 Å². The van der Waals surface area contributed by atoms with Crippen LogP contribution in [0, 0.1) is 13.8 Å². The molecule has 0 saturated heterocycles. The maximum absolute atomic E-state index is 13.4. The number of rotatable bonds is 7. The number of aryl methyl sites for hydroxylation is 2. The van der Waals surface area contributed by atoms with Crippen molar-refractivity contribution in [3.8, 4) is 5.75 Å². The van der Waals surface area contributed by atoms with E-state index in [9.17, 15) is 9.59 Å². The van der Waals surface area contributed by atoms with Crippen molar-refractivity contribution in [2.24, 2.45) is 0 Å². The summed E-state index contributed by atoms with van der Waals surface area (Å²) in [6, 6.07) is 13.2. The normalized spacial score (nSPS) is 14.3. The number of hydrogen-bond acceptors (Lipinski definition) is 4. The van der Waals surface area contributed by atoms with Crippen LogP contribution in [0.15, 0.2) is 47.4 Å². The molecule has 0 unspecified atom stereocenters. The second kappa shape index (κ2) is 8.87. The summed E-state index contributed by atoms with van der Waals surface area (Å²) < 4.78 is 5.65. The van der Waals surface area contributed by atoms with E-state index in [1.54, 1.807) is 0 Å². The van der Waals surface area contributed by atoms with E-state index in [1.165, 1.54) is 16.7 Å². The summed E-state index contributed by atoms with van der Waals surface area (Å²) in [5.74, 6) is 0.239. The highest BCUT2D eigenvalue weighted by atomic mass is 32.2. The Hall–Kier alpha value is -2.53. The predicted molar refractivity (Wildman–Crippen MR) is 120 cm³/mol. The first-order valence-corrected chi connectivity index (χ1v) is 10.8. The van der Waals surface area contributed by atoms with E-state index in [4.69, 9.17) is 4.74 Å². The molecule has 29 heavy (non-hydrogen) atoms. The average Bonchev–Trinajstić information content (AvgIpc) is 2.89. The summed E-state index contributed by atoms with van der Waals surface area (Å²) in [7, 11) is 0. The van der Waals surface area contributed by atoms with Crippen LogP contribution in [0.1, 0.15) is 43.9 Å². The molecule has 1 aliphatic rings. The van der Waals surface area contributed by atoms with E-state index < -0.39 is 0 Å². The third-order valence-electron chi connectivity index (χ3n) is 4.48. The predicted octanol–water partition coefficient (Wildman–Crippen LogP) is 5.52. The Labute approximate surface area is 176 Å². The lowest BCUT2D eigenvalue weighted by Gasteiger charge is -2.17. The minimum atomic E-state index is -0.273. The zero-order chi connectivity index (χ0) is 21.1. The van der Waals surface area contributed by atoms with Crippen LogP contribution in [-0.4, -0.2) is 23.7 Å². The largest absolute Gasteiger partial charge is 0.494 e. The summed E-state index contributed by atoms with van der Waals surface area (Å²) in [4.78, 5) is 28.5. The molecule has 0 aliphatic carbocycles. The number of anilines is 1. The van der Waals surface area contributed by atoms with Gasteiger partial charge in [-0.15, -0.1) is 11.8 Å². The van der Waals surface area contributed by atoms with E-state index in [0.29, 0.717) is 22.8 Å². The van der Waals surface area contributed by atoms with E-state index in [1.807, 2.05) is 70.2 Å². The van der Waals surface area contributed by atoms with Crippen molar-refractivity contribution < 1.29 is 14.3 Å². The molecule has 1 aliphatic heterocycles. The number of imide groups is 1. The Morgan fingerprint density at radius 3 is 2.14 bits per heavy atom. The minimum absolute atomic E-state index is 0.183. The number of nitrogens with zero attached hydrogens (tertiary/aromatic N) is 1. The molecule has 0 bridgehead atoms. The fourth-order valence-electron chi connectivity index (χ4n) is 3.36. The van der Waals surface area contributed by atoms with Crippen LogP contribution >= 0.6 is 11.8 Å². The van der Waals surface area contributed by atoms with Gasteiger partial charge in [0, 0.05) is 5.25 Å². The molecule has 1 heterocycles. The number of carbonyl (C=O) groups excluding carboxylic acids is 2. The van der Waals surface area contributed by atoms with Crippen LogP contribution in [0.2, 0.25) is 0 Å². The molecule has 5 heteroatoms. The molecule has 0 aromatic heterocycles. The van der Waals surface area contributed by atoms with Gasteiger partial charge in [-0.2, -0.15) is 0 Å². The maximum Gasteiger partial charge on any atom is 0.272 e. The fourth-order valence-corrected chi connectivity index (χ4v) is 4.35. The molecule has 0 spiro atoms. The van der Waals surface area contributed by atoms with Crippen molar-refractivity contribution in [2.75, 3.05) is 11.5 Å². The van der Waals surface area contributed by atoms with E-state index in [2.05, 4.69) is 6.92 Å². The molecular weight excluding hydrogens is 382 g/mol. The highest BCUT2D eigenvalue weighted by molar-refractivity contribution is 8.04. The van der Waals surface area contributed by atoms with Gasteiger partial charge < -0.3 is 4.74 Å². The summed E-state index contributed by atoms with van der Waals surface area (Å²) in [5.41, 5.74) is 3.86. The molecular formula is C24H27NO3S. The molecule has 0 saturated carbocycles. The molecule has 3 rings (SSSR count). The SMILES string of the molecule is CCCOc1ccc(C2=C(SC(C)C)C(=O)N(c3cc(C)cc(C)c3)C2=O)cc1. The van der Waals surface area contributed by atoms with Gasteiger partial charge >= 0.3 is 0 Å². The standard InChI is InChI=1S/C24H27NO3S/c1-6-11-28-20-9-7-18(8-10-20)21-22(29-15(2)3)24(27)25(23(21)26)19-13-16(4)12-17(5)14-19/h7-10,12-15H,6,11H2,1-5H3. The summed E-state index contributed by atoms with van der Waals surface area (Å²) in [6.07, 6.45) is 0.930. The van der Waals surface area contributed by atoms with Crippen LogP contribution in [0.25, 0.3) is 5.57 Å². The number of amides is 2. The molecule has 2 aromatic carbocycles. The Bertz CT molecular complexity index is 940.